The van der Waals surface area contributed by atoms with Gasteiger partial charge < -0.3 is 4.90 Å². The van der Waals surface area contributed by atoms with Gasteiger partial charge in [0.2, 0.25) is 0 Å². The summed E-state index contributed by atoms with van der Waals surface area (Å²) in [5.74, 6) is 0.943. The zero-order chi connectivity index (χ0) is 17.1. The molecule has 0 bridgehead atoms. The molecule has 0 spiro atoms. The van der Waals surface area contributed by atoms with Crippen LogP contribution in [-0.4, -0.2) is 55.7 Å². The summed E-state index contributed by atoms with van der Waals surface area (Å²) in [6, 6.07) is 4.68. The Balaban J connectivity index is 1.66. The number of likely N-dealkylation sites (tertiary alicyclic amines) is 1. The highest BCUT2D eigenvalue weighted by molar-refractivity contribution is 5.86. The first-order valence-corrected chi connectivity index (χ1v) is 8.87. The van der Waals surface area contributed by atoms with Crippen LogP contribution in [0.25, 0.3) is 11.0 Å². The lowest BCUT2D eigenvalue weighted by Crippen LogP contribution is -2.40. The fourth-order valence-corrected chi connectivity index (χ4v) is 3.71. The van der Waals surface area contributed by atoms with Crippen LogP contribution in [-0.2, 0) is 6.54 Å². The fourth-order valence-electron chi connectivity index (χ4n) is 3.71. The van der Waals surface area contributed by atoms with E-state index in [2.05, 4.69) is 54.0 Å². The Morgan fingerprint density at radius 2 is 2.16 bits per heavy atom. The van der Waals surface area contributed by atoms with Crippen LogP contribution in [0, 0.1) is 0 Å². The molecule has 0 aliphatic carbocycles. The smallest absolute Gasteiger partial charge is 0.160 e. The molecule has 7 nitrogen and oxygen atoms in total. The van der Waals surface area contributed by atoms with Crippen LogP contribution in [0.4, 0.5) is 5.82 Å². The van der Waals surface area contributed by atoms with E-state index in [4.69, 9.17) is 0 Å². The maximum atomic E-state index is 4.59. The number of hydrogen-bond donors (Lipinski definition) is 1. The first-order valence-electron chi connectivity index (χ1n) is 8.87. The molecule has 3 aromatic heterocycles. The fraction of sp³-hybridized carbons (Fsp3) is 0.444. The zero-order valence-electron chi connectivity index (χ0n) is 14.5. The second-order valence-corrected chi connectivity index (χ2v) is 6.49. The van der Waals surface area contributed by atoms with Crippen molar-refractivity contribution in [3.8, 4) is 0 Å². The number of aromatic amines is 1. The summed E-state index contributed by atoms with van der Waals surface area (Å²) in [5.41, 5.74) is 2.01. The number of anilines is 1. The number of pyridine rings is 1. The number of nitrogens with zero attached hydrogens (tertiary/aromatic N) is 6. The quantitative estimate of drug-likeness (QED) is 0.743. The second kappa shape index (κ2) is 7.14. The van der Waals surface area contributed by atoms with E-state index in [9.17, 15) is 0 Å². The Morgan fingerprint density at radius 3 is 3.00 bits per heavy atom. The lowest BCUT2D eigenvalue weighted by atomic mass is 10.1. The molecule has 0 aromatic carbocycles. The molecule has 1 aliphatic rings. The first-order chi connectivity index (χ1) is 12.3. The largest absolute Gasteiger partial charge is 0.350 e. The summed E-state index contributed by atoms with van der Waals surface area (Å²) in [7, 11) is 0. The Morgan fingerprint density at radius 1 is 1.28 bits per heavy atom. The molecule has 1 atom stereocenters. The minimum absolute atomic E-state index is 0.559. The van der Waals surface area contributed by atoms with Crippen LogP contribution < -0.4 is 4.90 Å². The number of aromatic nitrogens is 5. The minimum atomic E-state index is 0.559. The van der Waals surface area contributed by atoms with E-state index in [0.717, 1.165) is 36.5 Å². The van der Waals surface area contributed by atoms with Gasteiger partial charge in [0.25, 0.3) is 0 Å². The van der Waals surface area contributed by atoms with Gasteiger partial charge in [-0.1, -0.05) is 6.92 Å². The van der Waals surface area contributed by atoms with Gasteiger partial charge in [0, 0.05) is 31.5 Å². The highest BCUT2D eigenvalue weighted by Gasteiger charge is 2.26. The number of fused-ring (bicyclic) bond motifs is 1. The summed E-state index contributed by atoms with van der Waals surface area (Å²) < 4.78 is 0. The number of likely N-dealkylation sites (N-methyl/N-ethyl adjacent to an activating group) is 1. The van der Waals surface area contributed by atoms with E-state index in [-0.39, 0.29) is 0 Å². The highest BCUT2D eigenvalue weighted by Crippen LogP contribution is 2.26. The van der Waals surface area contributed by atoms with Crippen LogP contribution >= 0.6 is 0 Å². The van der Waals surface area contributed by atoms with Crippen molar-refractivity contribution < 1.29 is 0 Å². The normalized spacial score (nSPS) is 18.0. The lowest BCUT2D eigenvalue weighted by molar-refractivity contribution is 0.268. The van der Waals surface area contributed by atoms with Gasteiger partial charge in [-0.3, -0.25) is 15.0 Å². The SMILES string of the molecule is CCN1CCCC1CN(Cc1ccncc1)c1ncnc2[nH]ncc12. The van der Waals surface area contributed by atoms with E-state index < -0.39 is 0 Å². The van der Waals surface area contributed by atoms with E-state index in [1.54, 1.807) is 6.33 Å². The first kappa shape index (κ1) is 16.0. The standard InChI is InChI=1S/C18H23N7/c1-2-24-9-3-4-15(24)12-25(11-14-5-7-19-8-6-14)18-16-10-22-23-17(16)20-13-21-18/h5-8,10,13,15H,2-4,9,11-12H2,1H3,(H,20,21,22,23). The third-order valence-corrected chi connectivity index (χ3v) is 4.99. The van der Waals surface area contributed by atoms with Crippen LogP contribution in [0.2, 0.25) is 0 Å². The summed E-state index contributed by atoms with van der Waals surface area (Å²) in [6.45, 7) is 6.28. The maximum absolute atomic E-state index is 4.59. The Kier molecular flexibility index (Phi) is 4.56. The Hall–Kier alpha value is -2.54. The summed E-state index contributed by atoms with van der Waals surface area (Å²) >= 11 is 0. The number of nitrogens with one attached hydrogen (secondary N) is 1. The summed E-state index contributed by atoms with van der Waals surface area (Å²) in [5, 5.41) is 8.05. The van der Waals surface area contributed by atoms with Crippen LogP contribution in [0.3, 0.4) is 0 Å². The molecule has 4 heterocycles. The average molecular weight is 337 g/mol. The minimum Gasteiger partial charge on any atom is -0.350 e. The van der Waals surface area contributed by atoms with Gasteiger partial charge in [0.15, 0.2) is 5.65 Å². The molecule has 3 aromatic rings. The average Bonchev–Trinajstić information content (AvgIpc) is 3.30. The second-order valence-electron chi connectivity index (χ2n) is 6.49. The van der Waals surface area contributed by atoms with Crippen LogP contribution in [0.5, 0.6) is 0 Å². The molecule has 1 N–H and O–H groups in total. The molecule has 25 heavy (non-hydrogen) atoms. The number of hydrogen-bond acceptors (Lipinski definition) is 6. The van der Waals surface area contributed by atoms with Crippen molar-refractivity contribution in [2.45, 2.75) is 32.4 Å². The van der Waals surface area contributed by atoms with Gasteiger partial charge in [0.1, 0.15) is 12.1 Å². The predicted octanol–water partition coefficient (Wildman–Crippen LogP) is 2.24. The van der Waals surface area contributed by atoms with Crippen molar-refractivity contribution in [2.75, 3.05) is 24.5 Å². The van der Waals surface area contributed by atoms with Gasteiger partial charge in [-0.15, -0.1) is 0 Å². The van der Waals surface area contributed by atoms with Gasteiger partial charge in [-0.2, -0.15) is 5.10 Å². The molecule has 1 saturated heterocycles. The molecule has 1 fully saturated rings. The topological polar surface area (TPSA) is 73.8 Å². The summed E-state index contributed by atoms with van der Waals surface area (Å²) in [4.78, 5) is 17.9. The number of rotatable bonds is 6. The molecular formula is C18H23N7. The third-order valence-electron chi connectivity index (χ3n) is 4.99. The van der Waals surface area contributed by atoms with Crippen molar-refractivity contribution >= 4 is 16.9 Å². The molecule has 7 heteroatoms. The summed E-state index contributed by atoms with van der Waals surface area (Å²) in [6.07, 6.45) is 9.62. The molecule has 1 aliphatic heterocycles. The van der Waals surface area contributed by atoms with Gasteiger partial charge in [-0.25, -0.2) is 9.97 Å². The van der Waals surface area contributed by atoms with Crippen molar-refractivity contribution in [3.05, 3.63) is 42.6 Å². The number of H-pyrrole nitrogens is 1. The van der Waals surface area contributed by atoms with E-state index in [0.29, 0.717) is 6.04 Å². The molecular weight excluding hydrogens is 314 g/mol. The van der Waals surface area contributed by atoms with Crippen molar-refractivity contribution in [2.24, 2.45) is 0 Å². The van der Waals surface area contributed by atoms with Gasteiger partial charge in [-0.05, 0) is 43.6 Å². The zero-order valence-corrected chi connectivity index (χ0v) is 14.5. The van der Waals surface area contributed by atoms with Crippen LogP contribution in [0.1, 0.15) is 25.3 Å². The van der Waals surface area contributed by atoms with E-state index in [1.165, 1.54) is 24.9 Å². The monoisotopic (exact) mass is 337 g/mol. The molecule has 0 radical (unpaired) electrons. The van der Waals surface area contributed by atoms with E-state index >= 15 is 0 Å². The third kappa shape index (κ3) is 3.32. The molecule has 0 saturated carbocycles. The molecule has 4 rings (SSSR count). The molecule has 1 unspecified atom stereocenters. The van der Waals surface area contributed by atoms with Crippen LogP contribution in [0.15, 0.2) is 37.1 Å². The van der Waals surface area contributed by atoms with Crippen molar-refractivity contribution in [1.29, 1.82) is 0 Å². The van der Waals surface area contributed by atoms with Gasteiger partial charge in [0.05, 0.1) is 11.6 Å². The Bertz CT molecular complexity index is 816. The van der Waals surface area contributed by atoms with Crippen molar-refractivity contribution in [3.63, 3.8) is 0 Å². The molecule has 130 valence electrons. The highest BCUT2D eigenvalue weighted by atomic mass is 15.3. The Labute approximate surface area is 147 Å². The van der Waals surface area contributed by atoms with Gasteiger partial charge >= 0.3 is 0 Å². The predicted molar refractivity (Wildman–Crippen MR) is 97.2 cm³/mol. The molecule has 0 amide bonds. The lowest BCUT2D eigenvalue weighted by Gasteiger charge is -2.31. The van der Waals surface area contributed by atoms with E-state index in [1.807, 2.05) is 18.6 Å². The maximum Gasteiger partial charge on any atom is 0.160 e. The van der Waals surface area contributed by atoms with Crippen molar-refractivity contribution in [1.82, 2.24) is 30.0 Å².